The van der Waals surface area contributed by atoms with E-state index >= 15 is 0 Å². The quantitative estimate of drug-likeness (QED) is 0.630. The highest BCUT2D eigenvalue weighted by atomic mass is 35.5. The van der Waals surface area contributed by atoms with Crippen molar-refractivity contribution in [2.45, 2.75) is 6.04 Å². The molecule has 2 heterocycles. The topological polar surface area (TPSA) is 91.4 Å². The Balaban J connectivity index is 1.93. The molecule has 1 aromatic carbocycles. The fraction of sp³-hybridized carbons (Fsp3) is 0.353. The van der Waals surface area contributed by atoms with Crippen molar-refractivity contribution >= 4 is 47.1 Å². The van der Waals surface area contributed by atoms with Crippen molar-refractivity contribution < 1.29 is 9.53 Å². The van der Waals surface area contributed by atoms with Crippen LogP contribution >= 0.6 is 23.2 Å². The lowest BCUT2D eigenvalue weighted by molar-refractivity contribution is -0.121. The van der Waals surface area contributed by atoms with Gasteiger partial charge in [-0.1, -0.05) is 23.2 Å². The number of ether oxygens (including phenoxy) is 1. The van der Waals surface area contributed by atoms with Crippen molar-refractivity contribution in [3.63, 3.8) is 0 Å². The van der Waals surface area contributed by atoms with Crippen LogP contribution in [0.4, 0.5) is 17.5 Å². The predicted octanol–water partition coefficient (Wildman–Crippen LogP) is 2.68. The van der Waals surface area contributed by atoms with Gasteiger partial charge in [-0.05, 0) is 6.07 Å². The lowest BCUT2D eigenvalue weighted by Gasteiger charge is -2.34. The fourth-order valence-corrected chi connectivity index (χ4v) is 3.36. The Kier molecular flexibility index (Phi) is 6.20. The third kappa shape index (κ3) is 4.18. The second-order valence-corrected chi connectivity index (χ2v) is 6.72. The van der Waals surface area contributed by atoms with Crippen molar-refractivity contribution in [2.75, 3.05) is 44.4 Å². The Bertz CT molecular complexity index is 835. The number of hydrogen-bond acceptors (Lipinski definition) is 7. The van der Waals surface area contributed by atoms with Crippen LogP contribution in [-0.4, -0.2) is 55.1 Å². The molecule has 0 radical (unpaired) electrons. The first-order chi connectivity index (χ1) is 13.1. The Labute approximate surface area is 167 Å². The molecule has 1 atom stereocenters. The van der Waals surface area contributed by atoms with Crippen LogP contribution in [0.2, 0.25) is 10.0 Å². The van der Waals surface area contributed by atoms with Crippen molar-refractivity contribution in [1.82, 2.24) is 20.2 Å². The molecule has 0 saturated carbocycles. The first-order valence-corrected chi connectivity index (χ1v) is 9.09. The van der Waals surface area contributed by atoms with Gasteiger partial charge in [0.2, 0.25) is 12.4 Å². The van der Waals surface area contributed by atoms with E-state index in [0.29, 0.717) is 46.3 Å². The molecule has 3 N–H and O–H groups in total. The maximum Gasteiger partial charge on any atom is 0.229 e. The minimum Gasteiger partial charge on any atom is -0.496 e. The number of nitrogens with one attached hydrogen (secondary N) is 3. The van der Waals surface area contributed by atoms with Crippen LogP contribution in [-0.2, 0) is 4.79 Å². The number of anilines is 3. The summed E-state index contributed by atoms with van der Waals surface area (Å²) in [6.07, 6.45) is 2.35. The Morgan fingerprint density at radius 1 is 1.37 bits per heavy atom. The molecule has 3 rings (SSSR count). The van der Waals surface area contributed by atoms with E-state index in [1.165, 1.54) is 6.20 Å². The number of piperazine rings is 1. The number of amides is 1. The molecule has 0 spiro atoms. The van der Waals surface area contributed by atoms with Gasteiger partial charge in [0, 0.05) is 38.3 Å². The van der Waals surface area contributed by atoms with Crippen molar-refractivity contribution in [2.24, 2.45) is 0 Å². The molecular formula is C17H20Cl2N6O2. The van der Waals surface area contributed by atoms with Gasteiger partial charge >= 0.3 is 0 Å². The number of hydrogen-bond donors (Lipinski definition) is 3. The summed E-state index contributed by atoms with van der Waals surface area (Å²) in [6, 6.07) is 3.42. The third-order valence-corrected chi connectivity index (χ3v) is 4.92. The summed E-state index contributed by atoms with van der Waals surface area (Å²) in [5.41, 5.74) is 1.42. The summed E-state index contributed by atoms with van der Waals surface area (Å²) in [5.74, 6) is 1.46. The summed E-state index contributed by atoms with van der Waals surface area (Å²) < 4.78 is 5.55. The third-order valence-electron chi connectivity index (χ3n) is 4.33. The summed E-state index contributed by atoms with van der Waals surface area (Å²) in [6.45, 7) is 2.01. The molecule has 27 heavy (non-hydrogen) atoms. The molecular weight excluding hydrogens is 391 g/mol. The number of rotatable bonds is 6. The van der Waals surface area contributed by atoms with E-state index in [1.54, 1.807) is 31.2 Å². The average molecular weight is 411 g/mol. The van der Waals surface area contributed by atoms with E-state index in [1.807, 2.05) is 0 Å². The second-order valence-electron chi connectivity index (χ2n) is 5.90. The molecule has 1 saturated heterocycles. The first-order valence-electron chi connectivity index (χ1n) is 8.34. The van der Waals surface area contributed by atoms with Gasteiger partial charge in [0.05, 0.1) is 30.1 Å². The Hall–Kier alpha value is -2.29. The van der Waals surface area contributed by atoms with Crippen LogP contribution in [0.3, 0.4) is 0 Å². The number of aromatic nitrogens is 2. The van der Waals surface area contributed by atoms with Crippen molar-refractivity contribution in [3.05, 3.63) is 33.9 Å². The number of carbonyl (C=O) groups excluding carboxylic acids is 1. The van der Waals surface area contributed by atoms with Crippen molar-refractivity contribution in [1.29, 1.82) is 0 Å². The molecule has 1 aromatic heterocycles. The SMILES string of the molecule is CNc1nc(Nc2cc(OC)c(C3CNCCN3C=O)cc2Cl)ncc1Cl. The van der Waals surface area contributed by atoms with Gasteiger partial charge in [-0.25, -0.2) is 4.98 Å². The fourth-order valence-electron chi connectivity index (χ4n) is 2.96. The minimum absolute atomic E-state index is 0.152. The number of carbonyl (C=O) groups is 1. The maximum atomic E-state index is 11.4. The zero-order valence-corrected chi connectivity index (χ0v) is 16.4. The van der Waals surface area contributed by atoms with Gasteiger partial charge in [0.25, 0.3) is 0 Å². The van der Waals surface area contributed by atoms with Crippen LogP contribution in [0.15, 0.2) is 18.3 Å². The van der Waals surface area contributed by atoms with Crippen LogP contribution < -0.4 is 20.7 Å². The van der Waals surface area contributed by atoms with Gasteiger partial charge in [0.15, 0.2) is 0 Å². The van der Waals surface area contributed by atoms with Gasteiger partial charge in [-0.2, -0.15) is 4.98 Å². The Morgan fingerprint density at radius 3 is 2.89 bits per heavy atom. The van der Waals surface area contributed by atoms with E-state index in [2.05, 4.69) is 25.9 Å². The number of halogens is 2. The molecule has 0 bridgehead atoms. The van der Waals surface area contributed by atoms with E-state index < -0.39 is 0 Å². The number of methoxy groups -OCH3 is 1. The monoisotopic (exact) mass is 410 g/mol. The van der Waals surface area contributed by atoms with Gasteiger partial charge in [0.1, 0.15) is 16.6 Å². The summed E-state index contributed by atoms with van der Waals surface area (Å²) in [4.78, 5) is 21.6. The van der Waals surface area contributed by atoms with Gasteiger partial charge < -0.3 is 25.6 Å². The highest BCUT2D eigenvalue weighted by Gasteiger charge is 2.26. The molecule has 1 aliphatic rings. The molecule has 0 aliphatic carbocycles. The maximum absolute atomic E-state index is 11.4. The molecule has 1 unspecified atom stereocenters. The van der Waals surface area contributed by atoms with Gasteiger partial charge in [-0.15, -0.1) is 0 Å². The normalized spacial score (nSPS) is 16.7. The van der Waals surface area contributed by atoms with E-state index in [0.717, 1.165) is 18.5 Å². The molecule has 1 amide bonds. The minimum atomic E-state index is -0.152. The number of nitrogens with zero attached hydrogens (tertiary/aromatic N) is 3. The lowest BCUT2D eigenvalue weighted by atomic mass is 10.0. The molecule has 2 aromatic rings. The van der Waals surface area contributed by atoms with Crippen LogP contribution in [0, 0.1) is 0 Å². The summed E-state index contributed by atoms with van der Waals surface area (Å²) in [7, 11) is 3.30. The molecule has 1 fully saturated rings. The molecule has 8 nitrogen and oxygen atoms in total. The number of benzene rings is 1. The smallest absolute Gasteiger partial charge is 0.229 e. The van der Waals surface area contributed by atoms with Crippen LogP contribution in [0.5, 0.6) is 5.75 Å². The van der Waals surface area contributed by atoms with Crippen LogP contribution in [0.1, 0.15) is 11.6 Å². The van der Waals surface area contributed by atoms with E-state index in [4.69, 9.17) is 27.9 Å². The molecule has 1 aliphatic heterocycles. The van der Waals surface area contributed by atoms with Gasteiger partial charge in [-0.3, -0.25) is 4.79 Å². The summed E-state index contributed by atoms with van der Waals surface area (Å²) in [5, 5.41) is 10.1. The first kappa shape index (κ1) is 19.5. The molecule has 144 valence electrons. The largest absolute Gasteiger partial charge is 0.496 e. The summed E-state index contributed by atoms with van der Waals surface area (Å²) >= 11 is 12.5. The standard InChI is InChI=1S/C17H20Cl2N6O2/c1-20-16-12(19)7-22-17(24-16)23-13-6-15(27-2)10(5-11(13)18)14-8-21-3-4-25(14)9-26/h5-7,9,14,21H,3-4,8H2,1-2H3,(H2,20,22,23,24). The zero-order chi connectivity index (χ0) is 19.4. The van der Waals surface area contributed by atoms with Crippen molar-refractivity contribution in [3.8, 4) is 5.75 Å². The average Bonchev–Trinajstić information content (AvgIpc) is 2.70. The molecule has 10 heteroatoms. The lowest BCUT2D eigenvalue weighted by Crippen LogP contribution is -2.45. The van der Waals surface area contributed by atoms with E-state index in [9.17, 15) is 4.79 Å². The van der Waals surface area contributed by atoms with Crippen LogP contribution in [0.25, 0.3) is 0 Å². The predicted molar refractivity (Wildman–Crippen MR) is 106 cm³/mol. The highest BCUT2D eigenvalue weighted by molar-refractivity contribution is 6.33. The Morgan fingerprint density at radius 2 is 2.19 bits per heavy atom. The second kappa shape index (κ2) is 8.60. The zero-order valence-electron chi connectivity index (χ0n) is 14.9. The highest BCUT2D eigenvalue weighted by Crippen LogP contribution is 2.37. The van der Waals surface area contributed by atoms with E-state index in [-0.39, 0.29) is 6.04 Å².